The first kappa shape index (κ1) is 7.72. The molecule has 3 heteroatoms. The van der Waals surface area contributed by atoms with E-state index in [-0.39, 0.29) is 0 Å². The maximum atomic E-state index is 11.5. The summed E-state index contributed by atoms with van der Waals surface area (Å²) in [5.74, 6) is 0.652. The molecule has 0 aliphatic heterocycles. The van der Waals surface area contributed by atoms with Gasteiger partial charge in [-0.05, 0) is 24.6 Å². The summed E-state index contributed by atoms with van der Waals surface area (Å²) in [4.78, 5) is 3.95. The Morgan fingerprint density at radius 3 is 3.09 bits per heavy atom. The van der Waals surface area contributed by atoms with Crippen molar-refractivity contribution in [2.24, 2.45) is 0 Å². The second-order valence-electron chi connectivity index (χ2n) is 2.16. The van der Waals surface area contributed by atoms with Gasteiger partial charge < -0.3 is 5.32 Å². The van der Waals surface area contributed by atoms with Crippen molar-refractivity contribution in [3.8, 4) is 0 Å². The quantitative estimate of drug-likeness (QED) is 0.703. The molecule has 0 atom stereocenters. The van der Waals surface area contributed by atoms with Crippen molar-refractivity contribution in [2.45, 2.75) is 6.92 Å². The third-order valence-electron chi connectivity index (χ3n) is 1.21. The number of rotatable bonds is 2. The van der Waals surface area contributed by atoms with E-state index in [1.54, 1.807) is 6.20 Å². The van der Waals surface area contributed by atoms with Crippen molar-refractivity contribution in [3.05, 3.63) is 36.4 Å². The molecular weight excluding hydrogens is 143 g/mol. The molecule has 0 aromatic carbocycles. The Hall–Kier alpha value is -1.38. The van der Waals surface area contributed by atoms with E-state index in [0.717, 1.165) is 5.56 Å². The largest absolute Gasteiger partial charge is 0.344 e. The van der Waals surface area contributed by atoms with E-state index >= 15 is 0 Å². The molecule has 0 radical (unpaired) electrons. The van der Waals surface area contributed by atoms with Crippen molar-refractivity contribution in [1.29, 1.82) is 0 Å². The highest BCUT2D eigenvalue weighted by molar-refractivity contribution is 5.39. The van der Waals surface area contributed by atoms with Crippen LogP contribution >= 0.6 is 0 Å². The molecule has 0 amide bonds. The molecule has 0 unspecified atom stereocenters. The van der Waals surface area contributed by atoms with Gasteiger partial charge in [-0.15, -0.1) is 0 Å². The first-order valence-corrected chi connectivity index (χ1v) is 3.27. The Morgan fingerprint density at radius 2 is 2.45 bits per heavy atom. The zero-order chi connectivity index (χ0) is 8.10. The lowest BCUT2D eigenvalue weighted by Gasteiger charge is -1.98. The Balaban J connectivity index is 2.71. The van der Waals surface area contributed by atoms with Crippen molar-refractivity contribution in [1.82, 2.24) is 4.98 Å². The van der Waals surface area contributed by atoms with Gasteiger partial charge in [0.15, 0.2) is 0 Å². The Labute approximate surface area is 64.8 Å². The van der Waals surface area contributed by atoms with Crippen LogP contribution in [-0.2, 0) is 0 Å². The second kappa shape index (κ2) is 3.71. The fourth-order valence-electron chi connectivity index (χ4n) is 0.732. The molecule has 0 spiro atoms. The average molecular weight is 152 g/mol. The van der Waals surface area contributed by atoms with Gasteiger partial charge in [0.25, 0.3) is 0 Å². The highest BCUT2D eigenvalue weighted by atomic mass is 19.1. The van der Waals surface area contributed by atoms with Gasteiger partial charge in [0.1, 0.15) is 12.1 Å². The number of nitrogens with zero attached hydrogens (tertiary/aromatic N) is 1. The second-order valence-corrected chi connectivity index (χ2v) is 2.16. The number of nitrogens with one attached hydrogen (secondary N) is 1. The average Bonchev–Trinajstić information content (AvgIpc) is 2.01. The molecule has 58 valence electrons. The molecule has 0 saturated heterocycles. The molecular formula is C8H9FN2. The monoisotopic (exact) mass is 152 g/mol. The van der Waals surface area contributed by atoms with Crippen LogP contribution in [-0.4, -0.2) is 4.98 Å². The van der Waals surface area contributed by atoms with Crippen molar-refractivity contribution in [2.75, 3.05) is 5.32 Å². The standard InChI is InChI=1S/C8H9FN2/c1-7-2-4-10-8(6-7)11-5-3-9/h2-6H,1H3,(H,10,11)/b5-3-. The molecule has 0 saturated carbocycles. The molecule has 0 aliphatic rings. The summed E-state index contributed by atoms with van der Waals surface area (Å²) in [7, 11) is 0. The van der Waals surface area contributed by atoms with E-state index in [9.17, 15) is 4.39 Å². The summed E-state index contributed by atoms with van der Waals surface area (Å²) in [6.45, 7) is 1.95. The topological polar surface area (TPSA) is 24.9 Å². The minimum absolute atomic E-state index is 0.435. The summed E-state index contributed by atoms with van der Waals surface area (Å²) >= 11 is 0. The summed E-state index contributed by atoms with van der Waals surface area (Å²) in [6, 6.07) is 3.71. The Bertz CT molecular complexity index is 258. The Kier molecular flexibility index (Phi) is 2.60. The predicted molar refractivity (Wildman–Crippen MR) is 42.8 cm³/mol. The third kappa shape index (κ3) is 2.37. The van der Waals surface area contributed by atoms with E-state index in [1.165, 1.54) is 6.20 Å². The van der Waals surface area contributed by atoms with Crippen LogP contribution in [0.4, 0.5) is 10.2 Å². The van der Waals surface area contributed by atoms with Crippen LogP contribution in [0, 0.1) is 6.92 Å². The lowest BCUT2D eigenvalue weighted by atomic mass is 10.3. The SMILES string of the molecule is Cc1ccnc(N/C=C\F)c1. The van der Waals surface area contributed by atoms with Crippen LogP contribution in [0.25, 0.3) is 0 Å². The molecule has 1 aromatic heterocycles. The minimum atomic E-state index is 0.435. The van der Waals surface area contributed by atoms with Gasteiger partial charge in [-0.3, -0.25) is 0 Å². The molecule has 2 nitrogen and oxygen atoms in total. The number of hydrogen-bond acceptors (Lipinski definition) is 2. The van der Waals surface area contributed by atoms with Crippen LogP contribution in [0.3, 0.4) is 0 Å². The molecule has 11 heavy (non-hydrogen) atoms. The van der Waals surface area contributed by atoms with Crippen LogP contribution in [0.2, 0.25) is 0 Å². The minimum Gasteiger partial charge on any atom is -0.344 e. The third-order valence-corrected chi connectivity index (χ3v) is 1.21. The highest BCUT2D eigenvalue weighted by Gasteiger charge is 1.88. The fourth-order valence-corrected chi connectivity index (χ4v) is 0.732. The predicted octanol–water partition coefficient (Wildman–Crippen LogP) is 2.24. The van der Waals surface area contributed by atoms with Crippen molar-refractivity contribution < 1.29 is 4.39 Å². The first-order chi connectivity index (χ1) is 5.33. The fraction of sp³-hybridized carbons (Fsp3) is 0.125. The van der Waals surface area contributed by atoms with Crippen molar-refractivity contribution in [3.63, 3.8) is 0 Å². The molecule has 0 fully saturated rings. The number of aromatic nitrogens is 1. The van der Waals surface area contributed by atoms with Gasteiger partial charge in [0, 0.05) is 12.4 Å². The maximum absolute atomic E-state index is 11.5. The van der Waals surface area contributed by atoms with E-state index in [2.05, 4.69) is 10.3 Å². The first-order valence-electron chi connectivity index (χ1n) is 3.27. The number of halogens is 1. The number of pyridine rings is 1. The molecule has 1 heterocycles. The summed E-state index contributed by atoms with van der Waals surface area (Å²) in [5.41, 5.74) is 1.09. The lowest BCUT2D eigenvalue weighted by Crippen LogP contribution is -1.90. The Morgan fingerprint density at radius 1 is 1.64 bits per heavy atom. The van der Waals surface area contributed by atoms with Gasteiger partial charge in [-0.25, -0.2) is 9.37 Å². The summed E-state index contributed by atoms with van der Waals surface area (Å²) in [5, 5.41) is 2.67. The molecule has 1 rings (SSSR count). The van der Waals surface area contributed by atoms with E-state index in [1.807, 2.05) is 19.1 Å². The normalized spacial score (nSPS) is 10.4. The van der Waals surface area contributed by atoms with E-state index in [0.29, 0.717) is 12.1 Å². The van der Waals surface area contributed by atoms with Gasteiger partial charge in [-0.2, -0.15) is 0 Å². The van der Waals surface area contributed by atoms with Crippen molar-refractivity contribution >= 4 is 5.82 Å². The zero-order valence-electron chi connectivity index (χ0n) is 6.21. The number of aryl methyl sites for hydroxylation is 1. The molecule has 1 aromatic rings. The van der Waals surface area contributed by atoms with Crippen LogP contribution < -0.4 is 5.32 Å². The van der Waals surface area contributed by atoms with Gasteiger partial charge in [-0.1, -0.05) is 0 Å². The van der Waals surface area contributed by atoms with Gasteiger partial charge in [0.05, 0.1) is 0 Å². The van der Waals surface area contributed by atoms with Crippen LogP contribution in [0.1, 0.15) is 5.56 Å². The molecule has 0 bridgehead atoms. The van der Waals surface area contributed by atoms with E-state index < -0.39 is 0 Å². The van der Waals surface area contributed by atoms with Gasteiger partial charge >= 0.3 is 0 Å². The maximum Gasteiger partial charge on any atom is 0.130 e. The summed E-state index contributed by atoms with van der Waals surface area (Å²) < 4.78 is 11.5. The molecule has 1 N–H and O–H groups in total. The van der Waals surface area contributed by atoms with Gasteiger partial charge in [0.2, 0.25) is 0 Å². The number of anilines is 1. The van der Waals surface area contributed by atoms with E-state index in [4.69, 9.17) is 0 Å². The smallest absolute Gasteiger partial charge is 0.130 e. The number of hydrogen-bond donors (Lipinski definition) is 1. The summed E-state index contributed by atoms with van der Waals surface area (Å²) in [6.07, 6.45) is 3.30. The van der Waals surface area contributed by atoms with Crippen LogP contribution in [0.15, 0.2) is 30.9 Å². The highest BCUT2D eigenvalue weighted by Crippen LogP contribution is 2.04. The van der Waals surface area contributed by atoms with Crippen LogP contribution in [0.5, 0.6) is 0 Å². The molecule has 0 aliphatic carbocycles. The zero-order valence-corrected chi connectivity index (χ0v) is 6.21. The lowest BCUT2D eigenvalue weighted by molar-refractivity contribution is 0.719.